The number of aryl methyl sites for hydroxylation is 1. The van der Waals surface area contributed by atoms with Gasteiger partial charge in [0.2, 0.25) is 0 Å². The predicted octanol–water partition coefficient (Wildman–Crippen LogP) is 4.22. The number of aromatic nitrogens is 1. The van der Waals surface area contributed by atoms with E-state index in [2.05, 4.69) is 59.6 Å². The van der Waals surface area contributed by atoms with Crippen molar-refractivity contribution in [2.45, 2.75) is 19.8 Å². The average molecular weight is 349 g/mol. The number of nitrogens with zero attached hydrogens (tertiary/aromatic N) is 2. The molecule has 26 heavy (non-hydrogen) atoms. The molecule has 0 amide bonds. The number of unbranched alkanes of at least 4 members (excludes halogenated alkanes) is 1. The van der Waals surface area contributed by atoms with E-state index in [1.54, 1.807) is 0 Å². The van der Waals surface area contributed by atoms with Crippen LogP contribution in [0.15, 0.2) is 42.5 Å². The Morgan fingerprint density at radius 3 is 2.77 bits per heavy atom. The fourth-order valence-corrected chi connectivity index (χ4v) is 3.74. The maximum Gasteiger partial charge on any atom is 0.0804 e. The standard InChI is InChI=1S/C22H27N3O/c1-17-16-21(23-10-4-5-11-25-12-14-26-15-13-25)20-9-8-18-6-2-3-7-19(18)22(20)24-17/h2-3,6-9,16H,4-5,10-15H2,1H3,(H,23,24). The van der Waals surface area contributed by atoms with Crippen molar-refractivity contribution in [1.29, 1.82) is 0 Å². The summed E-state index contributed by atoms with van der Waals surface area (Å²) in [6, 6.07) is 15.0. The summed E-state index contributed by atoms with van der Waals surface area (Å²) in [4.78, 5) is 7.31. The minimum absolute atomic E-state index is 0.883. The Labute approximate surface area is 155 Å². The summed E-state index contributed by atoms with van der Waals surface area (Å²) in [6.07, 6.45) is 2.39. The lowest BCUT2D eigenvalue weighted by molar-refractivity contribution is 0.0373. The number of benzene rings is 2. The van der Waals surface area contributed by atoms with Crippen molar-refractivity contribution in [2.75, 3.05) is 44.7 Å². The summed E-state index contributed by atoms with van der Waals surface area (Å²) in [5.41, 5.74) is 3.35. The van der Waals surface area contributed by atoms with Crippen LogP contribution in [-0.2, 0) is 4.74 Å². The van der Waals surface area contributed by atoms with E-state index in [1.165, 1.54) is 41.2 Å². The summed E-state index contributed by atoms with van der Waals surface area (Å²) in [5, 5.41) is 7.33. The van der Waals surface area contributed by atoms with Crippen LogP contribution >= 0.6 is 0 Å². The second-order valence-corrected chi connectivity index (χ2v) is 7.08. The monoisotopic (exact) mass is 349 g/mol. The smallest absolute Gasteiger partial charge is 0.0804 e. The summed E-state index contributed by atoms with van der Waals surface area (Å²) in [7, 11) is 0. The van der Waals surface area contributed by atoms with Gasteiger partial charge in [0.05, 0.1) is 18.7 Å². The van der Waals surface area contributed by atoms with Crippen molar-refractivity contribution in [2.24, 2.45) is 0 Å². The number of ether oxygens (including phenoxy) is 1. The Kier molecular flexibility index (Phi) is 5.32. The zero-order valence-electron chi connectivity index (χ0n) is 15.5. The van der Waals surface area contributed by atoms with Crippen LogP contribution in [-0.4, -0.2) is 49.3 Å². The normalized spacial score (nSPS) is 15.6. The van der Waals surface area contributed by atoms with Crippen molar-refractivity contribution in [3.63, 3.8) is 0 Å². The molecular formula is C22H27N3O. The van der Waals surface area contributed by atoms with Gasteiger partial charge in [-0.1, -0.05) is 36.4 Å². The van der Waals surface area contributed by atoms with E-state index in [4.69, 9.17) is 9.72 Å². The molecule has 136 valence electrons. The van der Waals surface area contributed by atoms with E-state index >= 15 is 0 Å². The molecule has 1 aromatic heterocycles. The molecule has 1 aliphatic heterocycles. The number of pyridine rings is 1. The molecule has 1 aliphatic rings. The van der Waals surface area contributed by atoms with Gasteiger partial charge in [0.25, 0.3) is 0 Å². The first-order valence-corrected chi connectivity index (χ1v) is 9.64. The second kappa shape index (κ2) is 8.02. The van der Waals surface area contributed by atoms with Crippen LogP contribution in [0.2, 0.25) is 0 Å². The van der Waals surface area contributed by atoms with E-state index in [1.807, 2.05) is 0 Å². The van der Waals surface area contributed by atoms with Crippen molar-refractivity contribution in [3.8, 4) is 0 Å². The summed E-state index contributed by atoms with van der Waals surface area (Å²) >= 11 is 0. The molecule has 4 heteroatoms. The van der Waals surface area contributed by atoms with Crippen molar-refractivity contribution < 1.29 is 4.74 Å². The number of anilines is 1. The molecule has 4 nitrogen and oxygen atoms in total. The minimum atomic E-state index is 0.883. The highest BCUT2D eigenvalue weighted by atomic mass is 16.5. The van der Waals surface area contributed by atoms with Crippen LogP contribution in [0, 0.1) is 6.92 Å². The molecule has 0 radical (unpaired) electrons. The lowest BCUT2D eigenvalue weighted by Gasteiger charge is -2.26. The van der Waals surface area contributed by atoms with Crippen molar-refractivity contribution in [3.05, 3.63) is 48.2 Å². The minimum Gasteiger partial charge on any atom is -0.384 e. The Balaban J connectivity index is 1.43. The predicted molar refractivity (Wildman–Crippen MR) is 109 cm³/mol. The van der Waals surface area contributed by atoms with Crippen LogP contribution in [0.25, 0.3) is 21.7 Å². The molecule has 0 atom stereocenters. The first kappa shape index (κ1) is 17.3. The molecule has 2 aromatic carbocycles. The number of nitrogens with one attached hydrogen (secondary N) is 1. The van der Waals surface area contributed by atoms with Crippen LogP contribution in [0.1, 0.15) is 18.5 Å². The number of fused-ring (bicyclic) bond motifs is 3. The average Bonchev–Trinajstić information content (AvgIpc) is 2.68. The van der Waals surface area contributed by atoms with Crippen LogP contribution < -0.4 is 5.32 Å². The maximum absolute atomic E-state index is 5.41. The van der Waals surface area contributed by atoms with Crippen molar-refractivity contribution >= 4 is 27.4 Å². The van der Waals surface area contributed by atoms with E-state index in [-0.39, 0.29) is 0 Å². The third kappa shape index (κ3) is 3.81. The Bertz CT molecular complexity index is 887. The van der Waals surface area contributed by atoms with Gasteiger partial charge in [-0.25, -0.2) is 0 Å². The van der Waals surface area contributed by atoms with Gasteiger partial charge in [-0.15, -0.1) is 0 Å². The van der Waals surface area contributed by atoms with Gasteiger partial charge in [0, 0.05) is 41.8 Å². The Hall–Kier alpha value is -2.17. The van der Waals surface area contributed by atoms with Crippen molar-refractivity contribution in [1.82, 2.24) is 9.88 Å². The Morgan fingerprint density at radius 2 is 1.88 bits per heavy atom. The number of morpholine rings is 1. The first-order valence-electron chi connectivity index (χ1n) is 9.64. The summed E-state index contributed by atoms with van der Waals surface area (Å²) < 4.78 is 5.41. The highest BCUT2D eigenvalue weighted by Crippen LogP contribution is 2.29. The summed E-state index contributed by atoms with van der Waals surface area (Å²) in [5.74, 6) is 0. The zero-order valence-corrected chi connectivity index (χ0v) is 15.5. The highest BCUT2D eigenvalue weighted by molar-refractivity contribution is 6.09. The van der Waals surface area contributed by atoms with Crippen LogP contribution in [0.5, 0.6) is 0 Å². The van der Waals surface area contributed by atoms with Gasteiger partial charge in [0.15, 0.2) is 0 Å². The largest absolute Gasteiger partial charge is 0.384 e. The lowest BCUT2D eigenvalue weighted by Crippen LogP contribution is -2.36. The van der Waals surface area contributed by atoms with Gasteiger partial charge in [-0.05, 0) is 37.8 Å². The summed E-state index contributed by atoms with van der Waals surface area (Å²) in [6.45, 7) is 8.17. The van der Waals surface area contributed by atoms with Gasteiger partial charge >= 0.3 is 0 Å². The van der Waals surface area contributed by atoms with Gasteiger partial charge in [0.1, 0.15) is 0 Å². The highest BCUT2D eigenvalue weighted by Gasteiger charge is 2.10. The molecule has 0 unspecified atom stereocenters. The van der Waals surface area contributed by atoms with E-state index in [0.29, 0.717) is 0 Å². The lowest BCUT2D eigenvalue weighted by atomic mass is 10.0. The molecule has 1 N–H and O–H groups in total. The molecule has 3 aromatic rings. The molecule has 0 saturated carbocycles. The molecular weight excluding hydrogens is 322 g/mol. The zero-order chi connectivity index (χ0) is 17.8. The first-order chi connectivity index (χ1) is 12.8. The van der Waals surface area contributed by atoms with E-state index in [0.717, 1.165) is 44.1 Å². The second-order valence-electron chi connectivity index (χ2n) is 7.08. The van der Waals surface area contributed by atoms with Gasteiger partial charge in [-0.2, -0.15) is 0 Å². The topological polar surface area (TPSA) is 37.4 Å². The number of rotatable bonds is 6. The number of hydrogen-bond acceptors (Lipinski definition) is 4. The fourth-order valence-electron chi connectivity index (χ4n) is 3.74. The van der Waals surface area contributed by atoms with Crippen LogP contribution in [0.3, 0.4) is 0 Å². The van der Waals surface area contributed by atoms with Gasteiger partial charge < -0.3 is 10.1 Å². The number of hydrogen-bond donors (Lipinski definition) is 1. The molecule has 1 saturated heterocycles. The molecule has 2 heterocycles. The fraction of sp³-hybridized carbons (Fsp3) is 0.409. The third-order valence-corrected chi connectivity index (χ3v) is 5.15. The third-order valence-electron chi connectivity index (χ3n) is 5.15. The van der Waals surface area contributed by atoms with E-state index < -0.39 is 0 Å². The maximum atomic E-state index is 5.41. The molecule has 0 bridgehead atoms. The molecule has 0 aliphatic carbocycles. The van der Waals surface area contributed by atoms with Crippen LogP contribution in [0.4, 0.5) is 5.69 Å². The Morgan fingerprint density at radius 1 is 1.04 bits per heavy atom. The molecule has 4 rings (SSSR count). The SMILES string of the molecule is Cc1cc(NCCCCN2CCOCC2)c2ccc3ccccc3c2n1. The molecule has 1 fully saturated rings. The quantitative estimate of drug-likeness (QED) is 0.534. The molecule has 0 spiro atoms. The van der Waals surface area contributed by atoms with E-state index in [9.17, 15) is 0 Å². The van der Waals surface area contributed by atoms with Gasteiger partial charge in [-0.3, -0.25) is 9.88 Å².